The van der Waals surface area contributed by atoms with Gasteiger partial charge in [-0.15, -0.1) is 0 Å². The molecule has 5 heteroatoms. The number of hydrogen-bond acceptors (Lipinski definition) is 3. The van der Waals surface area contributed by atoms with Crippen molar-refractivity contribution in [2.75, 3.05) is 12.4 Å². The third-order valence-electron chi connectivity index (χ3n) is 4.08. The molecule has 1 heterocycles. The van der Waals surface area contributed by atoms with Crippen LogP contribution in [0, 0.1) is 5.92 Å². The van der Waals surface area contributed by atoms with Gasteiger partial charge in [0, 0.05) is 18.7 Å². The number of nitrogens with zero attached hydrogens (tertiary/aromatic N) is 1. The van der Waals surface area contributed by atoms with Crippen LogP contribution in [0.5, 0.6) is 0 Å². The average molecular weight is 272 g/mol. The minimum absolute atomic E-state index is 0.00702. The lowest BCUT2D eigenvalue weighted by molar-refractivity contribution is -0.119. The first-order chi connectivity index (χ1) is 9.58. The van der Waals surface area contributed by atoms with Crippen LogP contribution in [-0.2, 0) is 4.79 Å². The topological polar surface area (TPSA) is 66.5 Å². The third kappa shape index (κ3) is 1.99. The van der Waals surface area contributed by atoms with Gasteiger partial charge in [-0.05, 0) is 31.0 Å². The molecule has 2 aliphatic rings. The van der Waals surface area contributed by atoms with Crippen molar-refractivity contribution in [2.24, 2.45) is 5.92 Å². The first kappa shape index (κ1) is 12.8. The number of carbonyl (C=O) groups is 3. The molecule has 3 amide bonds. The largest absolute Gasteiger partial charge is 0.326 e. The summed E-state index contributed by atoms with van der Waals surface area (Å²) >= 11 is 0. The molecular weight excluding hydrogens is 256 g/mol. The maximum atomic E-state index is 12.1. The molecule has 0 unspecified atom stereocenters. The van der Waals surface area contributed by atoms with Crippen molar-refractivity contribution in [3.63, 3.8) is 0 Å². The number of hydrogen-bond donors (Lipinski definition) is 1. The molecule has 1 saturated carbocycles. The Morgan fingerprint density at radius 2 is 1.80 bits per heavy atom. The Kier molecular flexibility index (Phi) is 3.04. The van der Waals surface area contributed by atoms with Crippen molar-refractivity contribution in [1.29, 1.82) is 0 Å². The van der Waals surface area contributed by atoms with Crippen LogP contribution in [0.15, 0.2) is 18.2 Å². The van der Waals surface area contributed by atoms with Crippen LogP contribution in [0.3, 0.4) is 0 Å². The molecule has 20 heavy (non-hydrogen) atoms. The smallest absolute Gasteiger partial charge is 0.261 e. The summed E-state index contributed by atoms with van der Waals surface area (Å²) in [5.41, 5.74) is 1.34. The molecule has 3 rings (SSSR count). The summed E-state index contributed by atoms with van der Waals surface area (Å²) in [5.74, 6) is -0.531. The van der Waals surface area contributed by atoms with Gasteiger partial charge < -0.3 is 5.32 Å². The Morgan fingerprint density at radius 1 is 1.15 bits per heavy atom. The fourth-order valence-corrected chi connectivity index (χ4v) is 2.87. The molecule has 0 radical (unpaired) electrons. The minimum atomic E-state index is -0.318. The van der Waals surface area contributed by atoms with E-state index in [1.807, 2.05) is 0 Å². The van der Waals surface area contributed by atoms with Crippen LogP contribution >= 0.6 is 0 Å². The lowest BCUT2D eigenvalue weighted by atomic mass is 10.1. The van der Waals surface area contributed by atoms with Gasteiger partial charge in [0.25, 0.3) is 11.8 Å². The van der Waals surface area contributed by atoms with Gasteiger partial charge >= 0.3 is 0 Å². The highest BCUT2D eigenvalue weighted by molar-refractivity contribution is 6.21. The van der Waals surface area contributed by atoms with Gasteiger partial charge in [0.1, 0.15) is 0 Å². The summed E-state index contributed by atoms with van der Waals surface area (Å²) < 4.78 is 0. The molecule has 0 aromatic heterocycles. The maximum Gasteiger partial charge on any atom is 0.261 e. The lowest BCUT2D eigenvalue weighted by Crippen LogP contribution is -2.24. The van der Waals surface area contributed by atoms with Gasteiger partial charge in [-0.3, -0.25) is 19.3 Å². The van der Waals surface area contributed by atoms with Crippen LogP contribution < -0.4 is 5.32 Å². The van der Waals surface area contributed by atoms with Gasteiger partial charge in [-0.25, -0.2) is 0 Å². The Morgan fingerprint density at radius 3 is 2.50 bits per heavy atom. The average Bonchev–Trinajstić information content (AvgIpc) is 3.04. The van der Waals surface area contributed by atoms with E-state index in [0.29, 0.717) is 16.8 Å². The lowest BCUT2D eigenvalue weighted by Gasteiger charge is -2.10. The second-order valence-corrected chi connectivity index (χ2v) is 5.40. The monoisotopic (exact) mass is 272 g/mol. The molecule has 0 atom stereocenters. The van der Waals surface area contributed by atoms with E-state index in [4.69, 9.17) is 0 Å². The summed E-state index contributed by atoms with van der Waals surface area (Å²) in [6, 6.07) is 4.87. The van der Waals surface area contributed by atoms with E-state index in [-0.39, 0.29) is 23.6 Å². The van der Waals surface area contributed by atoms with Crippen molar-refractivity contribution < 1.29 is 14.4 Å². The van der Waals surface area contributed by atoms with Crippen molar-refractivity contribution in [2.45, 2.75) is 25.7 Å². The summed E-state index contributed by atoms with van der Waals surface area (Å²) in [5, 5.41) is 2.84. The molecule has 0 spiro atoms. The van der Waals surface area contributed by atoms with E-state index in [1.54, 1.807) is 18.2 Å². The molecule has 1 aromatic rings. The summed E-state index contributed by atoms with van der Waals surface area (Å²) in [6.07, 6.45) is 4.05. The number of benzene rings is 1. The molecule has 1 aromatic carbocycles. The molecule has 5 nitrogen and oxygen atoms in total. The van der Waals surface area contributed by atoms with Gasteiger partial charge in [0.15, 0.2) is 0 Å². The van der Waals surface area contributed by atoms with Crippen molar-refractivity contribution in [3.05, 3.63) is 29.3 Å². The summed E-state index contributed by atoms with van der Waals surface area (Å²) in [7, 11) is 1.46. The highest BCUT2D eigenvalue weighted by atomic mass is 16.2. The molecule has 1 fully saturated rings. The Bertz CT molecular complexity index is 603. The first-order valence-corrected chi connectivity index (χ1v) is 6.85. The SMILES string of the molecule is CN1C(=O)c2ccc(NC(=O)C3CCCC3)cc2C1=O. The van der Waals surface area contributed by atoms with Gasteiger partial charge in [-0.2, -0.15) is 0 Å². The van der Waals surface area contributed by atoms with E-state index in [2.05, 4.69) is 5.32 Å². The van der Waals surface area contributed by atoms with E-state index < -0.39 is 0 Å². The predicted molar refractivity (Wildman–Crippen MR) is 73.5 cm³/mol. The van der Waals surface area contributed by atoms with Crippen LogP contribution in [0.2, 0.25) is 0 Å². The van der Waals surface area contributed by atoms with Crippen LogP contribution in [0.25, 0.3) is 0 Å². The number of rotatable bonds is 2. The van der Waals surface area contributed by atoms with E-state index >= 15 is 0 Å². The Hall–Kier alpha value is -2.17. The molecule has 0 saturated heterocycles. The third-order valence-corrected chi connectivity index (χ3v) is 4.08. The number of anilines is 1. The fraction of sp³-hybridized carbons (Fsp3) is 0.400. The zero-order chi connectivity index (χ0) is 14.3. The number of amides is 3. The van der Waals surface area contributed by atoms with E-state index in [1.165, 1.54) is 7.05 Å². The van der Waals surface area contributed by atoms with Crippen molar-refractivity contribution in [3.8, 4) is 0 Å². The van der Waals surface area contributed by atoms with E-state index in [0.717, 1.165) is 30.6 Å². The highest BCUT2D eigenvalue weighted by Gasteiger charge is 2.33. The first-order valence-electron chi connectivity index (χ1n) is 6.85. The van der Waals surface area contributed by atoms with Gasteiger partial charge in [0.05, 0.1) is 11.1 Å². The molecular formula is C15H16N2O3. The zero-order valence-electron chi connectivity index (χ0n) is 11.3. The van der Waals surface area contributed by atoms with Crippen LogP contribution in [0.1, 0.15) is 46.4 Å². The highest BCUT2D eigenvalue weighted by Crippen LogP contribution is 2.28. The normalized spacial score (nSPS) is 18.6. The second-order valence-electron chi connectivity index (χ2n) is 5.40. The van der Waals surface area contributed by atoms with Crippen molar-refractivity contribution >= 4 is 23.4 Å². The molecule has 1 aliphatic heterocycles. The maximum absolute atomic E-state index is 12.1. The summed E-state index contributed by atoms with van der Waals surface area (Å²) in [6.45, 7) is 0. The number of fused-ring (bicyclic) bond motifs is 1. The fourth-order valence-electron chi connectivity index (χ4n) is 2.87. The Balaban J connectivity index is 1.81. The molecule has 1 N–H and O–H groups in total. The van der Waals surface area contributed by atoms with E-state index in [9.17, 15) is 14.4 Å². The van der Waals surface area contributed by atoms with Crippen LogP contribution in [0.4, 0.5) is 5.69 Å². The van der Waals surface area contributed by atoms with Gasteiger partial charge in [-0.1, -0.05) is 12.8 Å². The standard InChI is InChI=1S/C15H16N2O3/c1-17-14(19)11-7-6-10(8-12(11)15(17)20)16-13(18)9-4-2-3-5-9/h6-9H,2-5H2,1H3,(H,16,18). The molecule has 104 valence electrons. The molecule has 0 bridgehead atoms. The quantitative estimate of drug-likeness (QED) is 0.838. The molecule has 1 aliphatic carbocycles. The number of nitrogens with one attached hydrogen (secondary N) is 1. The second kappa shape index (κ2) is 4.74. The zero-order valence-corrected chi connectivity index (χ0v) is 11.3. The van der Waals surface area contributed by atoms with Crippen LogP contribution in [-0.4, -0.2) is 29.7 Å². The summed E-state index contributed by atoms with van der Waals surface area (Å²) in [4.78, 5) is 36.8. The van der Waals surface area contributed by atoms with Crippen molar-refractivity contribution in [1.82, 2.24) is 4.90 Å². The Labute approximate surface area is 116 Å². The predicted octanol–water partition coefficient (Wildman–Crippen LogP) is 2.04. The van der Waals surface area contributed by atoms with Gasteiger partial charge in [0.2, 0.25) is 5.91 Å². The number of carbonyl (C=O) groups excluding carboxylic acids is 3. The number of imide groups is 1. The minimum Gasteiger partial charge on any atom is -0.326 e.